The zero-order valence-corrected chi connectivity index (χ0v) is 10.3. The third-order valence-corrected chi connectivity index (χ3v) is 2.55. The lowest BCUT2D eigenvalue weighted by Crippen LogP contribution is -2.20. The summed E-state index contributed by atoms with van der Waals surface area (Å²) in [6.07, 6.45) is 0. The van der Waals surface area contributed by atoms with Crippen LogP contribution < -0.4 is 5.32 Å². The van der Waals surface area contributed by atoms with Gasteiger partial charge in [0.1, 0.15) is 0 Å². The monoisotopic (exact) mass is 253 g/mol. The van der Waals surface area contributed by atoms with Crippen molar-refractivity contribution in [2.24, 2.45) is 0 Å². The Morgan fingerprint density at radius 3 is 2.86 bits per heavy atom. The second kappa shape index (κ2) is 5.32. The number of benzene rings is 1. The van der Waals surface area contributed by atoms with Crippen molar-refractivity contribution in [2.45, 2.75) is 19.9 Å². The van der Waals surface area contributed by atoms with Crippen LogP contribution in [0.4, 0.5) is 0 Å². The molecule has 1 rings (SSSR count). The molecular weight excluding hydrogens is 238 g/mol. The smallest absolute Gasteiger partial charge is 0.0295 e. The first-order valence-electron chi connectivity index (χ1n) is 4.73. The highest BCUT2D eigenvalue weighted by molar-refractivity contribution is 9.10. The molecule has 1 aromatic rings. The molecule has 0 saturated carbocycles. The summed E-state index contributed by atoms with van der Waals surface area (Å²) in [6.45, 7) is 8.92. The maximum absolute atomic E-state index is 3.87. The molecule has 76 valence electrons. The molecule has 1 nitrogen and oxygen atoms in total. The second-order valence-corrected chi connectivity index (χ2v) is 4.53. The summed E-state index contributed by atoms with van der Waals surface area (Å²) >= 11 is 3.47. The first-order valence-corrected chi connectivity index (χ1v) is 5.52. The number of hydrogen-bond acceptors (Lipinski definition) is 1. The molecule has 0 aliphatic rings. The number of halogens is 1. The largest absolute Gasteiger partial charge is 0.306 e. The van der Waals surface area contributed by atoms with E-state index < -0.39 is 0 Å². The van der Waals surface area contributed by atoms with Gasteiger partial charge in [0.05, 0.1) is 0 Å². The van der Waals surface area contributed by atoms with E-state index in [0.717, 1.165) is 16.6 Å². The molecule has 0 aromatic heterocycles. The topological polar surface area (TPSA) is 12.0 Å². The number of hydrogen-bond donors (Lipinski definition) is 1. The van der Waals surface area contributed by atoms with Crippen molar-refractivity contribution >= 4 is 15.9 Å². The summed E-state index contributed by atoms with van der Waals surface area (Å²) in [4.78, 5) is 0. The van der Waals surface area contributed by atoms with Gasteiger partial charge in [-0.3, -0.25) is 0 Å². The maximum atomic E-state index is 3.87. The average molecular weight is 254 g/mol. The molecule has 0 unspecified atom stereocenters. The number of rotatable bonds is 4. The molecule has 0 aliphatic heterocycles. The Kier molecular flexibility index (Phi) is 4.36. The Bertz CT molecular complexity index is 320. The van der Waals surface area contributed by atoms with Gasteiger partial charge in [-0.25, -0.2) is 0 Å². The van der Waals surface area contributed by atoms with Crippen LogP contribution in [0.1, 0.15) is 25.5 Å². The minimum atomic E-state index is 0.365. The van der Waals surface area contributed by atoms with Gasteiger partial charge >= 0.3 is 0 Å². The molecule has 0 fully saturated rings. The highest BCUT2D eigenvalue weighted by atomic mass is 79.9. The fraction of sp³-hybridized carbons (Fsp3) is 0.333. The van der Waals surface area contributed by atoms with E-state index in [9.17, 15) is 0 Å². The Hall–Kier alpha value is -0.600. The lowest BCUT2D eigenvalue weighted by atomic mass is 10.1. The fourth-order valence-electron chi connectivity index (χ4n) is 1.22. The molecule has 0 bridgehead atoms. The van der Waals surface area contributed by atoms with Crippen molar-refractivity contribution in [1.82, 2.24) is 5.32 Å². The molecule has 1 aromatic carbocycles. The number of nitrogens with one attached hydrogen (secondary N) is 1. The van der Waals surface area contributed by atoms with Gasteiger partial charge < -0.3 is 5.32 Å². The molecule has 0 radical (unpaired) electrons. The van der Waals surface area contributed by atoms with Crippen molar-refractivity contribution in [1.29, 1.82) is 0 Å². The van der Waals surface area contributed by atoms with Crippen molar-refractivity contribution in [3.63, 3.8) is 0 Å². The summed E-state index contributed by atoms with van der Waals surface area (Å²) in [5, 5.41) is 3.41. The highest BCUT2D eigenvalue weighted by Gasteiger charge is 2.03. The van der Waals surface area contributed by atoms with E-state index in [4.69, 9.17) is 0 Å². The first-order chi connectivity index (χ1) is 6.59. The van der Waals surface area contributed by atoms with Crippen LogP contribution in [0.5, 0.6) is 0 Å². The van der Waals surface area contributed by atoms with Crippen molar-refractivity contribution in [2.75, 3.05) is 6.54 Å². The molecule has 1 N–H and O–H groups in total. The van der Waals surface area contributed by atoms with Crippen molar-refractivity contribution in [3.05, 3.63) is 46.5 Å². The summed E-state index contributed by atoms with van der Waals surface area (Å²) in [7, 11) is 0. The van der Waals surface area contributed by atoms with Gasteiger partial charge in [0.15, 0.2) is 0 Å². The molecule has 14 heavy (non-hydrogen) atoms. The lowest BCUT2D eigenvalue weighted by molar-refractivity contribution is 0.607. The van der Waals surface area contributed by atoms with Gasteiger partial charge in [-0.2, -0.15) is 0 Å². The molecule has 0 aliphatic carbocycles. The van der Waals surface area contributed by atoms with Gasteiger partial charge in [-0.15, -0.1) is 0 Å². The van der Waals surface area contributed by atoms with Gasteiger partial charge in [-0.05, 0) is 31.5 Å². The van der Waals surface area contributed by atoms with E-state index in [1.165, 1.54) is 5.56 Å². The Labute approximate surface area is 94.3 Å². The maximum Gasteiger partial charge on any atom is 0.0295 e. The van der Waals surface area contributed by atoms with Gasteiger partial charge in [0.2, 0.25) is 0 Å². The summed E-state index contributed by atoms with van der Waals surface area (Å²) in [5.41, 5.74) is 2.45. The van der Waals surface area contributed by atoms with Crippen LogP contribution in [0, 0.1) is 0 Å². The molecule has 0 heterocycles. The minimum absolute atomic E-state index is 0.365. The molecule has 0 saturated heterocycles. The second-order valence-electron chi connectivity index (χ2n) is 3.61. The van der Waals surface area contributed by atoms with Gasteiger partial charge in [-0.1, -0.05) is 40.2 Å². The normalized spacial score (nSPS) is 12.5. The van der Waals surface area contributed by atoms with E-state index in [-0.39, 0.29) is 0 Å². The molecule has 0 amide bonds. The fourth-order valence-corrected chi connectivity index (χ4v) is 1.64. The van der Waals surface area contributed by atoms with Crippen LogP contribution in [-0.4, -0.2) is 6.54 Å². The van der Waals surface area contributed by atoms with E-state index in [1.54, 1.807) is 0 Å². The first kappa shape index (κ1) is 11.5. The van der Waals surface area contributed by atoms with Crippen molar-refractivity contribution < 1.29 is 0 Å². The highest BCUT2D eigenvalue weighted by Crippen LogP contribution is 2.17. The van der Waals surface area contributed by atoms with Gasteiger partial charge in [0, 0.05) is 17.1 Å². The van der Waals surface area contributed by atoms with Crippen LogP contribution >= 0.6 is 15.9 Å². The summed E-state index contributed by atoms with van der Waals surface area (Å²) in [5.74, 6) is 0. The standard InChI is InChI=1S/C12H16BrN/c1-9(2)8-14-10(3)11-5-4-6-12(13)7-11/h4-7,10,14H,1,8H2,2-3H3/t10-/m0/s1. The van der Waals surface area contributed by atoms with Crippen LogP contribution in [0.3, 0.4) is 0 Å². The molecule has 2 heteroatoms. The quantitative estimate of drug-likeness (QED) is 0.808. The lowest BCUT2D eigenvalue weighted by Gasteiger charge is -2.14. The Morgan fingerprint density at radius 2 is 2.29 bits per heavy atom. The molecular formula is C12H16BrN. The predicted molar refractivity (Wildman–Crippen MR) is 65.4 cm³/mol. The van der Waals surface area contributed by atoms with E-state index >= 15 is 0 Å². The Balaban J connectivity index is 2.60. The van der Waals surface area contributed by atoms with Gasteiger partial charge in [0.25, 0.3) is 0 Å². The van der Waals surface area contributed by atoms with E-state index in [1.807, 2.05) is 13.0 Å². The Morgan fingerprint density at radius 1 is 1.57 bits per heavy atom. The third-order valence-electron chi connectivity index (χ3n) is 2.06. The van der Waals surface area contributed by atoms with Crippen LogP contribution in [-0.2, 0) is 0 Å². The zero-order chi connectivity index (χ0) is 10.6. The molecule has 0 spiro atoms. The third kappa shape index (κ3) is 3.64. The SMILES string of the molecule is C=C(C)CN[C@@H](C)c1cccc(Br)c1. The zero-order valence-electron chi connectivity index (χ0n) is 8.68. The van der Waals surface area contributed by atoms with Crippen molar-refractivity contribution in [3.8, 4) is 0 Å². The predicted octanol–water partition coefficient (Wildman–Crippen LogP) is 3.68. The molecule has 1 atom stereocenters. The summed E-state index contributed by atoms with van der Waals surface area (Å²) in [6, 6.07) is 8.72. The minimum Gasteiger partial charge on any atom is -0.306 e. The van der Waals surface area contributed by atoms with E-state index in [0.29, 0.717) is 6.04 Å². The van der Waals surface area contributed by atoms with Crippen LogP contribution in [0.2, 0.25) is 0 Å². The van der Waals surface area contributed by atoms with Crippen LogP contribution in [0.15, 0.2) is 40.9 Å². The van der Waals surface area contributed by atoms with E-state index in [2.05, 4.69) is 52.9 Å². The average Bonchev–Trinajstić information content (AvgIpc) is 2.14. The van der Waals surface area contributed by atoms with Crippen LogP contribution in [0.25, 0.3) is 0 Å². The summed E-state index contributed by atoms with van der Waals surface area (Å²) < 4.78 is 1.12.